The summed E-state index contributed by atoms with van der Waals surface area (Å²) >= 11 is 1.69. The average Bonchev–Trinajstić information content (AvgIpc) is 2.98. The number of nitrogens with one attached hydrogen (secondary N) is 1. The molecule has 2 heterocycles. The Morgan fingerprint density at radius 2 is 1.63 bits per heavy atom. The van der Waals surface area contributed by atoms with Gasteiger partial charge in [0, 0.05) is 29.6 Å². The first-order valence-electron chi connectivity index (χ1n) is 10.1. The van der Waals surface area contributed by atoms with E-state index in [0.717, 1.165) is 57.5 Å². The maximum atomic E-state index is 12.8. The van der Waals surface area contributed by atoms with Gasteiger partial charge >= 0.3 is 0 Å². The smallest absolute Gasteiger partial charge is 0.238 e. The van der Waals surface area contributed by atoms with E-state index in [2.05, 4.69) is 15.1 Å². The molecule has 0 atom stereocenters. The van der Waals surface area contributed by atoms with Gasteiger partial charge in [0.2, 0.25) is 11.8 Å². The fourth-order valence-electron chi connectivity index (χ4n) is 3.97. The third kappa shape index (κ3) is 5.98. The SMILES string of the molecule is CSc1ccc(NC(=O)CN2CCC(C(=O)N3CCCCCC3)CC2)cc1. The molecule has 1 N–H and O–H groups in total. The quantitative estimate of drug-likeness (QED) is 0.784. The molecule has 2 amide bonds. The predicted octanol–water partition coefficient (Wildman–Crippen LogP) is 3.46. The van der Waals surface area contributed by atoms with Crippen LogP contribution in [0.2, 0.25) is 0 Å². The first kappa shape index (κ1) is 20.2. The lowest BCUT2D eigenvalue weighted by Gasteiger charge is -2.33. The number of nitrogens with zero attached hydrogens (tertiary/aromatic N) is 2. The summed E-state index contributed by atoms with van der Waals surface area (Å²) in [4.78, 5) is 30.5. The van der Waals surface area contributed by atoms with Crippen LogP contribution in [0.15, 0.2) is 29.2 Å². The molecule has 0 radical (unpaired) electrons. The van der Waals surface area contributed by atoms with E-state index in [4.69, 9.17) is 0 Å². The van der Waals surface area contributed by atoms with Crippen molar-refractivity contribution in [1.82, 2.24) is 9.80 Å². The second kappa shape index (κ2) is 10.1. The van der Waals surface area contributed by atoms with Crippen molar-refractivity contribution in [2.75, 3.05) is 44.3 Å². The van der Waals surface area contributed by atoms with Crippen molar-refractivity contribution < 1.29 is 9.59 Å². The Kier molecular flexibility index (Phi) is 7.59. The van der Waals surface area contributed by atoms with Gasteiger partial charge in [0.05, 0.1) is 6.54 Å². The third-order valence-electron chi connectivity index (χ3n) is 5.60. The Balaban J connectivity index is 1.41. The zero-order valence-corrected chi connectivity index (χ0v) is 17.1. The Morgan fingerprint density at radius 1 is 1.00 bits per heavy atom. The molecule has 0 unspecified atom stereocenters. The van der Waals surface area contributed by atoms with E-state index in [1.807, 2.05) is 30.5 Å². The second-order valence-electron chi connectivity index (χ2n) is 7.57. The Labute approximate surface area is 166 Å². The molecule has 0 bridgehead atoms. The van der Waals surface area contributed by atoms with Crippen LogP contribution in [0, 0.1) is 5.92 Å². The summed E-state index contributed by atoms with van der Waals surface area (Å²) < 4.78 is 0. The fraction of sp³-hybridized carbons (Fsp3) is 0.619. The highest BCUT2D eigenvalue weighted by Crippen LogP contribution is 2.22. The highest BCUT2D eigenvalue weighted by molar-refractivity contribution is 7.98. The fourth-order valence-corrected chi connectivity index (χ4v) is 4.37. The van der Waals surface area contributed by atoms with Crippen LogP contribution in [0.3, 0.4) is 0 Å². The molecule has 0 spiro atoms. The van der Waals surface area contributed by atoms with Gasteiger partial charge in [-0.15, -0.1) is 11.8 Å². The van der Waals surface area contributed by atoms with Gasteiger partial charge in [-0.3, -0.25) is 14.5 Å². The summed E-state index contributed by atoms with van der Waals surface area (Å²) in [6.07, 6.45) is 8.55. The minimum Gasteiger partial charge on any atom is -0.342 e. The molecule has 0 saturated carbocycles. The van der Waals surface area contributed by atoms with Gasteiger partial charge in [0.15, 0.2) is 0 Å². The number of hydrogen-bond donors (Lipinski definition) is 1. The summed E-state index contributed by atoms with van der Waals surface area (Å²) in [6.45, 7) is 3.90. The molecule has 148 valence electrons. The van der Waals surface area contributed by atoms with Gasteiger partial charge in [-0.05, 0) is 69.3 Å². The van der Waals surface area contributed by atoms with Crippen molar-refractivity contribution >= 4 is 29.3 Å². The first-order chi connectivity index (χ1) is 13.2. The van der Waals surface area contributed by atoms with Crippen molar-refractivity contribution in [2.45, 2.75) is 43.4 Å². The number of carbonyl (C=O) groups excluding carboxylic acids is 2. The molecular formula is C21H31N3O2S. The lowest BCUT2D eigenvalue weighted by Crippen LogP contribution is -2.44. The Hall–Kier alpha value is -1.53. The topological polar surface area (TPSA) is 52.7 Å². The number of likely N-dealkylation sites (tertiary alicyclic amines) is 2. The van der Waals surface area contributed by atoms with Crippen molar-refractivity contribution in [1.29, 1.82) is 0 Å². The van der Waals surface area contributed by atoms with Crippen molar-refractivity contribution in [3.8, 4) is 0 Å². The highest BCUT2D eigenvalue weighted by Gasteiger charge is 2.29. The second-order valence-corrected chi connectivity index (χ2v) is 8.45. The lowest BCUT2D eigenvalue weighted by molar-refractivity contribution is -0.137. The van der Waals surface area contributed by atoms with Gasteiger partial charge in [0.1, 0.15) is 0 Å². The van der Waals surface area contributed by atoms with Gasteiger partial charge < -0.3 is 10.2 Å². The normalized spacial score (nSPS) is 19.5. The van der Waals surface area contributed by atoms with Gasteiger partial charge in [-0.2, -0.15) is 0 Å². The van der Waals surface area contributed by atoms with Crippen molar-refractivity contribution in [3.05, 3.63) is 24.3 Å². The number of thioether (sulfide) groups is 1. The molecule has 2 aliphatic heterocycles. The average molecular weight is 390 g/mol. The maximum Gasteiger partial charge on any atom is 0.238 e. The van der Waals surface area contributed by atoms with E-state index in [1.165, 1.54) is 17.7 Å². The zero-order valence-electron chi connectivity index (χ0n) is 16.3. The van der Waals surface area contributed by atoms with Crippen molar-refractivity contribution in [3.63, 3.8) is 0 Å². The lowest BCUT2D eigenvalue weighted by atomic mass is 9.95. The summed E-state index contributed by atoms with van der Waals surface area (Å²) in [5, 5.41) is 2.97. The third-order valence-corrected chi connectivity index (χ3v) is 6.34. The predicted molar refractivity (Wildman–Crippen MR) is 111 cm³/mol. The largest absolute Gasteiger partial charge is 0.342 e. The van der Waals surface area contributed by atoms with Crippen LogP contribution in [0.25, 0.3) is 0 Å². The molecule has 0 aliphatic carbocycles. The summed E-state index contributed by atoms with van der Waals surface area (Å²) in [5.74, 6) is 0.501. The molecular weight excluding hydrogens is 358 g/mol. The van der Waals surface area contributed by atoms with Crippen LogP contribution < -0.4 is 5.32 Å². The standard InChI is InChI=1S/C21H31N3O2S/c1-27-19-8-6-18(7-9-19)22-20(25)16-23-14-10-17(11-15-23)21(26)24-12-4-2-3-5-13-24/h6-9,17H,2-5,10-16H2,1H3,(H,22,25). The van der Waals surface area contributed by atoms with Gasteiger partial charge in [-0.25, -0.2) is 0 Å². The number of rotatable bonds is 5. The highest BCUT2D eigenvalue weighted by atomic mass is 32.2. The molecule has 2 saturated heterocycles. The van der Waals surface area contributed by atoms with E-state index in [9.17, 15) is 9.59 Å². The molecule has 6 heteroatoms. The first-order valence-corrected chi connectivity index (χ1v) is 11.3. The molecule has 3 rings (SSSR count). The summed E-state index contributed by atoms with van der Waals surface area (Å²) in [5.41, 5.74) is 0.837. The number of piperidine rings is 1. The van der Waals surface area contributed by atoms with Crippen molar-refractivity contribution in [2.24, 2.45) is 5.92 Å². The van der Waals surface area contributed by atoms with E-state index < -0.39 is 0 Å². The Morgan fingerprint density at radius 3 is 2.22 bits per heavy atom. The van der Waals surface area contributed by atoms with Crippen LogP contribution in [-0.2, 0) is 9.59 Å². The van der Waals surface area contributed by atoms with E-state index in [1.54, 1.807) is 11.8 Å². The molecule has 1 aromatic rings. The minimum absolute atomic E-state index is 0.0178. The summed E-state index contributed by atoms with van der Waals surface area (Å²) in [7, 11) is 0. The number of anilines is 1. The number of benzene rings is 1. The van der Waals surface area contributed by atoms with Crippen LogP contribution in [0.4, 0.5) is 5.69 Å². The van der Waals surface area contributed by atoms with Crippen LogP contribution >= 0.6 is 11.8 Å². The monoisotopic (exact) mass is 389 g/mol. The molecule has 0 aromatic heterocycles. The molecule has 27 heavy (non-hydrogen) atoms. The van der Waals surface area contributed by atoms with E-state index >= 15 is 0 Å². The van der Waals surface area contributed by atoms with E-state index in [0.29, 0.717) is 12.5 Å². The number of carbonyl (C=O) groups is 2. The number of hydrogen-bond acceptors (Lipinski definition) is 4. The minimum atomic E-state index is 0.0178. The van der Waals surface area contributed by atoms with Crippen LogP contribution in [-0.4, -0.2) is 60.6 Å². The molecule has 2 fully saturated rings. The summed E-state index contributed by atoms with van der Waals surface area (Å²) in [6, 6.07) is 7.91. The molecule has 5 nitrogen and oxygen atoms in total. The molecule has 2 aliphatic rings. The van der Waals surface area contributed by atoms with Crippen LogP contribution in [0.5, 0.6) is 0 Å². The van der Waals surface area contributed by atoms with Gasteiger partial charge in [0.25, 0.3) is 0 Å². The molecule has 1 aromatic carbocycles. The van der Waals surface area contributed by atoms with Gasteiger partial charge in [-0.1, -0.05) is 12.8 Å². The van der Waals surface area contributed by atoms with Crippen LogP contribution in [0.1, 0.15) is 38.5 Å². The zero-order chi connectivity index (χ0) is 19.1. The van der Waals surface area contributed by atoms with E-state index in [-0.39, 0.29) is 11.8 Å². The maximum absolute atomic E-state index is 12.8. The number of amides is 2. The Bertz CT molecular complexity index is 619.